The number of thiazole rings is 1. The van der Waals surface area contributed by atoms with Gasteiger partial charge in [-0.25, -0.2) is 4.98 Å². The summed E-state index contributed by atoms with van der Waals surface area (Å²) >= 11 is 5.01. The minimum atomic E-state index is -0.264. The van der Waals surface area contributed by atoms with Crippen molar-refractivity contribution in [1.29, 1.82) is 0 Å². The highest BCUT2D eigenvalue weighted by Gasteiger charge is 2.12. The number of anilines is 2. The van der Waals surface area contributed by atoms with Gasteiger partial charge in [0.1, 0.15) is 0 Å². The van der Waals surface area contributed by atoms with Gasteiger partial charge in [0.15, 0.2) is 18.1 Å². The van der Waals surface area contributed by atoms with Crippen LogP contribution >= 0.6 is 27.3 Å². The summed E-state index contributed by atoms with van der Waals surface area (Å²) in [6, 6.07) is 21.1. The maximum atomic E-state index is 12.3. The van der Waals surface area contributed by atoms with Gasteiger partial charge >= 0.3 is 0 Å². The molecule has 9 heteroatoms. The fourth-order valence-electron chi connectivity index (χ4n) is 3.12. The van der Waals surface area contributed by atoms with Crippen LogP contribution in [0.25, 0.3) is 11.3 Å². The summed E-state index contributed by atoms with van der Waals surface area (Å²) in [4.78, 5) is 16.8. The molecule has 178 valence electrons. The lowest BCUT2D eigenvalue weighted by atomic mass is 10.2. The van der Waals surface area contributed by atoms with Crippen LogP contribution in [-0.4, -0.2) is 30.8 Å². The molecule has 0 saturated carbocycles. The summed E-state index contributed by atoms with van der Waals surface area (Å²) in [5.74, 6) is 0.662. The number of benzene rings is 3. The molecule has 0 fully saturated rings. The Balaban J connectivity index is 1.37. The summed E-state index contributed by atoms with van der Waals surface area (Å²) in [5.41, 5.74) is 7.51. The number of hydrogen-bond donors (Lipinski definition) is 2. The van der Waals surface area contributed by atoms with Gasteiger partial charge in [0.2, 0.25) is 5.13 Å². The predicted octanol–water partition coefficient (Wildman–Crippen LogP) is 6.35. The van der Waals surface area contributed by atoms with Crippen molar-refractivity contribution in [2.75, 3.05) is 24.5 Å². The van der Waals surface area contributed by atoms with Crippen molar-refractivity contribution in [2.45, 2.75) is 6.92 Å². The number of amides is 1. The van der Waals surface area contributed by atoms with Gasteiger partial charge in [0.25, 0.3) is 5.91 Å². The molecule has 0 aliphatic heterocycles. The lowest BCUT2D eigenvalue weighted by molar-refractivity contribution is -0.118. The summed E-state index contributed by atoms with van der Waals surface area (Å²) in [6.07, 6.45) is 1.66. The van der Waals surface area contributed by atoms with Crippen molar-refractivity contribution < 1.29 is 14.3 Å². The second kappa shape index (κ2) is 11.6. The predicted molar refractivity (Wildman–Crippen MR) is 145 cm³/mol. The van der Waals surface area contributed by atoms with E-state index in [-0.39, 0.29) is 12.5 Å². The molecule has 0 saturated heterocycles. The summed E-state index contributed by atoms with van der Waals surface area (Å²) < 4.78 is 11.9. The molecule has 0 aliphatic rings. The van der Waals surface area contributed by atoms with E-state index in [0.717, 1.165) is 26.9 Å². The van der Waals surface area contributed by atoms with Crippen LogP contribution in [0.2, 0.25) is 0 Å². The number of hydrogen-bond acceptors (Lipinski definition) is 7. The zero-order chi connectivity index (χ0) is 24.6. The Hall–Kier alpha value is -3.69. The van der Waals surface area contributed by atoms with Gasteiger partial charge < -0.3 is 14.8 Å². The number of rotatable bonds is 9. The van der Waals surface area contributed by atoms with Gasteiger partial charge in [-0.15, -0.1) is 11.3 Å². The lowest BCUT2D eigenvalue weighted by Gasteiger charge is -2.13. The number of methoxy groups -OCH3 is 1. The van der Waals surface area contributed by atoms with E-state index >= 15 is 0 Å². The van der Waals surface area contributed by atoms with E-state index in [9.17, 15) is 4.79 Å². The molecule has 0 bridgehead atoms. The normalized spacial score (nSPS) is 10.8. The fourth-order valence-corrected chi connectivity index (χ4v) is 4.22. The molecule has 0 atom stereocenters. The molecule has 1 heterocycles. The third kappa shape index (κ3) is 6.68. The smallest absolute Gasteiger partial charge is 0.262 e. The zero-order valence-electron chi connectivity index (χ0n) is 19.1. The van der Waals surface area contributed by atoms with E-state index in [1.165, 1.54) is 11.3 Å². The number of nitrogens with one attached hydrogen (secondary N) is 2. The highest BCUT2D eigenvalue weighted by Crippen LogP contribution is 2.33. The van der Waals surface area contributed by atoms with Crippen LogP contribution in [-0.2, 0) is 4.79 Å². The van der Waals surface area contributed by atoms with Crippen LogP contribution in [0.15, 0.2) is 81.7 Å². The molecule has 2 N–H and O–H groups in total. The molecule has 7 nitrogen and oxygen atoms in total. The molecule has 1 aromatic heterocycles. The Morgan fingerprint density at radius 3 is 2.63 bits per heavy atom. The van der Waals surface area contributed by atoms with Gasteiger partial charge in [0, 0.05) is 26.7 Å². The first-order chi connectivity index (χ1) is 17.0. The van der Waals surface area contributed by atoms with Crippen molar-refractivity contribution in [1.82, 2.24) is 4.98 Å². The maximum absolute atomic E-state index is 12.3. The third-order valence-electron chi connectivity index (χ3n) is 4.91. The van der Waals surface area contributed by atoms with Crippen LogP contribution in [0.4, 0.5) is 10.8 Å². The van der Waals surface area contributed by atoms with Crippen molar-refractivity contribution in [3.05, 3.63) is 87.7 Å². The summed E-state index contributed by atoms with van der Waals surface area (Å²) in [5, 5.41) is 9.76. The third-order valence-corrected chi connectivity index (χ3v) is 6.35. The molecule has 0 unspecified atom stereocenters. The van der Waals surface area contributed by atoms with E-state index in [1.54, 1.807) is 25.5 Å². The topological polar surface area (TPSA) is 84.8 Å². The first-order valence-electron chi connectivity index (χ1n) is 10.7. The summed E-state index contributed by atoms with van der Waals surface area (Å²) in [6.45, 7) is 1.84. The molecule has 1 amide bonds. The Bertz CT molecular complexity index is 1320. The minimum absolute atomic E-state index is 0.153. The number of carbonyl (C=O) groups excluding carboxylic acids is 1. The molecule has 0 spiro atoms. The van der Waals surface area contributed by atoms with Gasteiger partial charge in [-0.1, -0.05) is 48.0 Å². The van der Waals surface area contributed by atoms with Crippen molar-refractivity contribution >= 4 is 50.2 Å². The first kappa shape index (κ1) is 24.4. The molecule has 0 aliphatic carbocycles. The number of nitrogens with zero attached hydrogens (tertiary/aromatic N) is 2. The minimum Gasteiger partial charge on any atom is -0.493 e. The number of aryl methyl sites for hydroxylation is 1. The van der Waals surface area contributed by atoms with Gasteiger partial charge in [0.05, 0.1) is 19.0 Å². The summed E-state index contributed by atoms with van der Waals surface area (Å²) in [7, 11) is 1.54. The van der Waals surface area contributed by atoms with Crippen LogP contribution in [0.5, 0.6) is 11.5 Å². The second-order valence-corrected chi connectivity index (χ2v) is 9.21. The molecule has 0 radical (unpaired) electrons. The van der Waals surface area contributed by atoms with Crippen molar-refractivity contribution in [2.24, 2.45) is 5.10 Å². The van der Waals surface area contributed by atoms with E-state index in [2.05, 4.69) is 36.8 Å². The average molecular weight is 551 g/mol. The van der Waals surface area contributed by atoms with E-state index in [4.69, 9.17) is 9.47 Å². The number of ether oxygens (including phenoxy) is 2. The fraction of sp³-hybridized carbons (Fsp3) is 0.115. The highest BCUT2D eigenvalue weighted by molar-refractivity contribution is 9.10. The van der Waals surface area contributed by atoms with Gasteiger partial charge in [-0.05, 0) is 47.1 Å². The highest BCUT2D eigenvalue weighted by atomic mass is 79.9. The van der Waals surface area contributed by atoms with E-state index < -0.39 is 0 Å². The SMILES string of the molecule is COc1cc(C=NNc2nc(-c3ccccc3)cs2)c(Br)cc1OCC(=O)Nc1ccc(C)cc1. The van der Waals surface area contributed by atoms with Crippen LogP contribution < -0.4 is 20.2 Å². The zero-order valence-corrected chi connectivity index (χ0v) is 21.5. The second-order valence-electron chi connectivity index (χ2n) is 7.50. The quantitative estimate of drug-likeness (QED) is 0.187. The van der Waals surface area contributed by atoms with E-state index in [1.807, 2.05) is 66.9 Å². The number of halogens is 1. The number of carbonyl (C=O) groups is 1. The van der Waals surface area contributed by atoms with Gasteiger partial charge in [-0.3, -0.25) is 10.2 Å². The lowest BCUT2D eigenvalue weighted by Crippen LogP contribution is -2.20. The van der Waals surface area contributed by atoms with Crippen LogP contribution in [0, 0.1) is 6.92 Å². The molecule has 3 aromatic carbocycles. The number of hydrazone groups is 1. The largest absolute Gasteiger partial charge is 0.493 e. The van der Waals surface area contributed by atoms with Crippen LogP contribution in [0.3, 0.4) is 0 Å². The van der Waals surface area contributed by atoms with Crippen molar-refractivity contribution in [3.63, 3.8) is 0 Å². The van der Waals surface area contributed by atoms with E-state index in [0.29, 0.717) is 22.3 Å². The van der Waals surface area contributed by atoms with Gasteiger partial charge in [-0.2, -0.15) is 5.10 Å². The number of aromatic nitrogens is 1. The maximum Gasteiger partial charge on any atom is 0.262 e. The monoisotopic (exact) mass is 550 g/mol. The molecule has 4 rings (SSSR count). The molecule has 35 heavy (non-hydrogen) atoms. The Labute approximate surface area is 216 Å². The molecular weight excluding hydrogens is 528 g/mol. The average Bonchev–Trinajstić information content (AvgIpc) is 3.35. The molecule has 4 aromatic rings. The Kier molecular flexibility index (Phi) is 8.12. The standard InChI is InChI=1S/C26H23BrN4O3S/c1-17-8-10-20(11-9-17)29-25(32)15-34-24-13-21(27)19(12-23(24)33-2)14-28-31-26-30-22(16-35-26)18-6-4-3-5-7-18/h3-14,16H,15H2,1-2H3,(H,29,32)(H,30,31). The van der Waals surface area contributed by atoms with Crippen molar-refractivity contribution in [3.8, 4) is 22.8 Å². The Morgan fingerprint density at radius 1 is 1.11 bits per heavy atom. The first-order valence-corrected chi connectivity index (χ1v) is 12.4. The Morgan fingerprint density at radius 2 is 1.89 bits per heavy atom. The molecular formula is C26H23BrN4O3S. The van der Waals surface area contributed by atoms with Crippen LogP contribution in [0.1, 0.15) is 11.1 Å².